The zero-order valence-corrected chi connectivity index (χ0v) is 12.8. The third kappa shape index (κ3) is 2.75. The fraction of sp³-hybridized carbons (Fsp3) is 0.316. The molecule has 1 N–H and O–H groups in total. The lowest BCUT2D eigenvalue weighted by atomic mass is 9.87. The predicted octanol–water partition coefficient (Wildman–Crippen LogP) is 2.78. The van der Waals surface area contributed by atoms with Crippen LogP contribution >= 0.6 is 0 Å². The molecule has 1 amide bonds. The van der Waals surface area contributed by atoms with Crippen LogP contribution in [-0.2, 0) is 6.54 Å². The van der Waals surface area contributed by atoms with E-state index >= 15 is 0 Å². The second-order valence-corrected chi connectivity index (χ2v) is 6.49. The molecular formula is C19H19FN2O. The minimum atomic E-state index is -0.265. The van der Waals surface area contributed by atoms with E-state index in [2.05, 4.69) is 22.3 Å². The largest absolute Gasteiger partial charge is 0.352 e. The number of nitrogens with zero attached hydrogens (tertiary/aromatic N) is 1. The number of carbonyl (C=O) groups is 1. The van der Waals surface area contributed by atoms with Gasteiger partial charge in [0.15, 0.2) is 0 Å². The van der Waals surface area contributed by atoms with Gasteiger partial charge in [0, 0.05) is 37.7 Å². The number of hydrogen-bond donors (Lipinski definition) is 1. The van der Waals surface area contributed by atoms with Gasteiger partial charge in [-0.15, -0.1) is 0 Å². The molecule has 2 aliphatic rings. The normalized spacial score (nSPS) is 23.8. The molecule has 4 heteroatoms. The summed E-state index contributed by atoms with van der Waals surface area (Å²) in [7, 11) is 0. The standard InChI is InChI=1S/C19H19FN2O/c20-15-6-7-16-17(8-15)18-12-22(10-13-4-2-1-3-5-13)11-14(18)9-21-19(16)23/h1-8,14,18H,9-12H2,(H,21,23). The Morgan fingerprint density at radius 1 is 1.13 bits per heavy atom. The third-order valence-electron chi connectivity index (χ3n) is 4.95. The molecule has 2 atom stereocenters. The first-order chi connectivity index (χ1) is 11.2. The molecule has 4 rings (SSSR count). The Kier molecular flexibility index (Phi) is 3.62. The fourth-order valence-electron chi connectivity index (χ4n) is 3.86. The van der Waals surface area contributed by atoms with Crippen LogP contribution in [0.15, 0.2) is 48.5 Å². The molecule has 2 aromatic carbocycles. The van der Waals surface area contributed by atoms with Crippen molar-refractivity contribution in [2.45, 2.75) is 12.5 Å². The highest BCUT2D eigenvalue weighted by molar-refractivity contribution is 5.96. The lowest BCUT2D eigenvalue weighted by Gasteiger charge is -2.17. The van der Waals surface area contributed by atoms with E-state index in [-0.39, 0.29) is 17.6 Å². The van der Waals surface area contributed by atoms with E-state index in [1.165, 1.54) is 11.6 Å². The summed E-state index contributed by atoms with van der Waals surface area (Å²) in [5.74, 6) is 0.205. The van der Waals surface area contributed by atoms with Gasteiger partial charge < -0.3 is 5.32 Å². The van der Waals surface area contributed by atoms with Crippen molar-refractivity contribution >= 4 is 5.91 Å². The Labute approximate surface area is 135 Å². The van der Waals surface area contributed by atoms with Crippen molar-refractivity contribution in [3.63, 3.8) is 0 Å². The van der Waals surface area contributed by atoms with Gasteiger partial charge in [-0.1, -0.05) is 30.3 Å². The summed E-state index contributed by atoms with van der Waals surface area (Å²) in [6.07, 6.45) is 0. The number of carbonyl (C=O) groups excluding carboxylic acids is 1. The smallest absolute Gasteiger partial charge is 0.251 e. The van der Waals surface area contributed by atoms with Gasteiger partial charge >= 0.3 is 0 Å². The van der Waals surface area contributed by atoms with Gasteiger partial charge in [0.05, 0.1) is 0 Å². The maximum absolute atomic E-state index is 13.7. The van der Waals surface area contributed by atoms with E-state index in [0.717, 1.165) is 25.2 Å². The molecule has 2 aromatic rings. The lowest BCUT2D eigenvalue weighted by Crippen LogP contribution is -2.29. The third-order valence-corrected chi connectivity index (χ3v) is 4.95. The Hall–Kier alpha value is -2.20. The number of hydrogen-bond acceptors (Lipinski definition) is 2. The summed E-state index contributed by atoms with van der Waals surface area (Å²) in [4.78, 5) is 14.6. The number of benzene rings is 2. The number of amides is 1. The van der Waals surface area contributed by atoms with Gasteiger partial charge in [-0.2, -0.15) is 0 Å². The summed E-state index contributed by atoms with van der Waals surface area (Å²) in [5.41, 5.74) is 2.77. The van der Waals surface area contributed by atoms with Crippen molar-refractivity contribution < 1.29 is 9.18 Å². The van der Waals surface area contributed by atoms with Crippen LogP contribution in [0.4, 0.5) is 4.39 Å². The molecular weight excluding hydrogens is 291 g/mol. The average molecular weight is 310 g/mol. The average Bonchev–Trinajstić information content (AvgIpc) is 2.91. The topological polar surface area (TPSA) is 32.3 Å². The van der Waals surface area contributed by atoms with E-state index in [1.54, 1.807) is 12.1 Å². The molecule has 0 radical (unpaired) electrons. The van der Waals surface area contributed by atoms with Crippen molar-refractivity contribution in [3.8, 4) is 0 Å². The molecule has 0 aromatic heterocycles. The maximum Gasteiger partial charge on any atom is 0.251 e. The van der Waals surface area contributed by atoms with Crippen LogP contribution in [0.3, 0.4) is 0 Å². The van der Waals surface area contributed by atoms with E-state index in [4.69, 9.17) is 0 Å². The second-order valence-electron chi connectivity index (χ2n) is 6.49. The van der Waals surface area contributed by atoms with Crippen LogP contribution in [0.2, 0.25) is 0 Å². The van der Waals surface area contributed by atoms with Crippen molar-refractivity contribution in [1.82, 2.24) is 10.2 Å². The van der Waals surface area contributed by atoms with Crippen LogP contribution in [-0.4, -0.2) is 30.4 Å². The monoisotopic (exact) mass is 310 g/mol. The van der Waals surface area contributed by atoms with E-state index in [9.17, 15) is 9.18 Å². The Bertz CT molecular complexity index is 731. The summed E-state index contributed by atoms with van der Waals surface area (Å²) >= 11 is 0. The summed E-state index contributed by atoms with van der Waals surface area (Å²) in [6.45, 7) is 3.35. The molecule has 0 aliphatic carbocycles. The van der Waals surface area contributed by atoms with Gasteiger partial charge in [-0.05, 0) is 35.2 Å². The number of rotatable bonds is 2. The number of fused-ring (bicyclic) bond motifs is 3. The first-order valence-corrected chi connectivity index (χ1v) is 8.04. The van der Waals surface area contributed by atoms with Gasteiger partial charge in [0.2, 0.25) is 0 Å². The number of likely N-dealkylation sites (tertiary alicyclic amines) is 1. The molecule has 1 saturated heterocycles. The Morgan fingerprint density at radius 3 is 2.78 bits per heavy atom. The minimum Gasteiger partial charge on any atom is -0.352 e. The Morgan fingerprint density at radius 2 is 1.96 bits per heavy atom. The van der Waals surface area contributed by atoms with Crippen LogP contribution in [0.5, 0.6) is 0 Å². The zero-order valence-electron chi connectivity index (χ0n) is 12.8. The van der Waals surface area contributed by atoms with Crippen LogP contribution in [0, 0.1) is 11.7 Å². The highest BCUT2D eigenvalue weighted by atomic mass is 19.1. The van der Waals surface area contributed by atoms with Crippen LogP contribution in [0.1, 0.15) is 27.4 Å². The quantitative estimate of drug-likeness (QED) is 0.925. The molecule has 3 nitrogen and oxygen atoms in total. The van der Waals surface area contributed by atoms with Gasteiger partial charge in [-0.3, -0.25) is 9.69 Å². The van der Waals surface area contributed by atoms with Crippen molar-refractivity contribution in [2.24, 2.45) is 5.92 Å². The molecule has 2 unspecified atom stereocenters. The zero-order chi connectivity index (χ0) is 15.8. The van der Waals surface area contributed by atoms with Gasteiger partial charge in [0.25, 0.3) is 5.91 Å². The van der Waals surface area contributed by atoms with Crippen LogP contribution in [0.25, 0.3) is 0 Å². The molecule has 0 bridgehead atoms. The first kappa shape index (κ1) is 14.4. The number of halogens is 1. The van der Waals surface area contributed by atoms with E-state index in [0.29, 0.717) is 18.0 Å². The molecule has 0 spiro atoms. The first-order valence-electron chi connectivity index (χ1n) is 8.04. The maximum atomic E-state index is 13.7. The lowest BCUT2D eigenvalue weighted by molar-refractivity contribution is 0.0951. The molecule has 2 aliphatic heterocycles. The Balaban J connectivity index is 1.61. The molecule has 23 heavy (non-hydrogen) atoms. The molecule has 0 saturated carbocycles. The number of nitrogens with one attached hydrogen (secondary N) is 1. The highest BCUT2D eigenvalue weighted by Crippen LogP contribution is 2.36. The summed E-state index contributed by atoms with van der Waals surface area (Å²) < 4.78 is 13.7. The van der Waals surface area contributed by atoms with Crippen molar-refractivity contribution in [2.75, 3.05) is 19.6 Å². The summed E-state index contributed by atoms with van der Waals surface area (Å²) in [6, 6.07) is 14.9. The molecule has 2 heterocycles. The van der Waals surface area contributed by atoms with Gasteiger partial charge in [0.1, 0.15) is 5.82 Å². The van der Waals surface area contributed by atoms with E-state index < -0.39 is 0 Å². The fourth-order valence-corrected chi connectivity index (χ4v) is 3.86. The summed E-state index contributed by atoms with van der Waals surface area (Å²) in [5, 5.41) is 2.99. The SMILES string of the molecule is O=C1NCC2CN(Cc3ccccc3)CC2c2cc(F)ccc21. The second kappa shape index (κ2) is 5.78. The molecule has 118 valence electrons. The highest BCUT2D eigenvalue weighted by Gasteiger charge is 2.38. The van der Waals surface area contributed by atoms with Gasteiger partial charge in [-0.25, -0.2) is 4.39 Å². The molecule has 1 fully saturated rings. The van der Waals surface area contributed by atoms with Crippen LogP contribution < -0.4 is 5.32 Å². The minimum absolute atomic E-state index is 0.0796. The van der Waals surface area contributed by atoms with E-state index in [1.807, 2.05) is 18.2 Å². The predicted molar refractivity (Wildman–Crippen MR) is 86.7 cm³/mol. The van der Waals surface area contributed by atoms with Crippen molar-refractivity contribution in [1.29, 1.82) is 0 Å². The van der Waals surface area contributed by atoms with Crippen molar-refractivity contribution in [3.05, 3.63) is 71.0 Å².